The molecule has 206 valence electrons. The fourth-order valence-corrected chi connectivity index (χ4v) is 4.13. The van der Waals surface area contributed by atoms with E-state index in [0.717, 1.165) is 37.1 Å². The topological polar surface area (TPSA) is 102 Å². The van der Waals surface area contributed by atoms with Crippen LogP contribution in [0.2, 0.25) is 0 Å². The van der Waals surface area contributed by atoms with Crippen molar-refractivity contribution in [3.05, 3.63) is 108 Å². The molecule has 3 aromatic rings. The fraction of sp³-hybridized carbons (Fsp3) is 0.281. The van der Waals surface area contributed by atoms with Gasteiger partial charge < -0.3 is 21.2 Å². The minimum Gasteiger partial charge on any atom is -0.399 e. The molecule has 0 atom stereocenters. The second-order valence-electron chi connectivity index (χ2n) is 8.98. The van der Waals surface area contributed by atoms with Crippen LogP contribution in [0.1, 0.15) is 60.6 Å². The number of carbonyl (C=O) groups excluding carboxylic acids is 2. The van der Waals surface area contributed by atoms with Crippen LogP contribution < -0.4 is 16.4 Å². The Morgan fingerprint density at radius 1 is 1.13 bits per heavy atom. The molecule has 0 fully saturated rings. The van der Waals surface area contributed by atoms with E-state index >= 15 is 0 Å². The number of aryl methyl sites for hydroxylation is 1. The summed E-state index contributed by atoms with van der Waals surface area (Å²) < 4.78 is 2.12. The van der Waals surface area contributed by atoms with Gasteiger partial charge in [0.25, 0.3) is 5.91 Å². The molecule has 1 aromatic carbocycles. The third-order valence-corrected chi connectivity index (χ3v) is 6.20. The second kappa shape index (κ2) is 17.2. The highest BCUT2D eigenvalue weighted by atomic mass is 16.1. The van der Waals surface area contributed by atoms with Gasteiger partial charge in [-0.2, -0.15) is 0 Å². The van der Waals surface area contributed by atoms with E-state index in [4.69, 9.17) is 10.5 Å². The zero-order chi connectivity index (χ0) is 28.5. The summed E-state index contributed by atoms with van der Waals surface area (Å²) in [6.07, 6.45) is 22.2. The monoisotopic (exact) mass is 527 g/mol. The molecule has 1 amide bonds. The van der Waals surface area contributed by atoms with Gasteiger partial charge in [0.1, 0.15) is 12.4 Å². The predicted molar refractivity (Wildman–Crippen MR) is 162 cm³/mol. The minimum atomic E-state index is -0.0261. The molecule has 7 nitrogen and oxygen atoms in total. The van der Waals surface area contributed by atoms with Crippen molar-refractivity contribution in [1.82, 2.24) is 20.0 Å². The van der Waals surface area contributed by atoms with Gasteiger partial charge in [0.15, 0.2) is 0 Å². The number of nitrogens with one attached hydrogen (secondary N) is 2. The normalized spacial score (nSPS) is 12.7. The molecule has 0 spiro atoms. The predicted octanol–water partition coefficient (Wildman–Crippen LogP) is 6.04. The number of hydrogen-bond acceptors (Lipinski definition) is 5. The molecule has 0 saturated heterocycles. The van der Waals surface area contributed by atoms with Crippen LogP contribution in [0.25, 0.3) is 11.2 Å². The summed E-state index contributed by atoms with van der Waals surface area (Å²) in [5.41, 5.74) is 12.9. The number of allylic oxidation sites excluding steroid dienone is 7. The van der Waals surface area contributed by atoms with Crippen LogP contribution in [0.3, 0.4) is 0 Å². The molecule has 2 heterocycles. The third kappa shape index (κ3) is 9.78. The Hall–Kier alpha value is -4.39. The van der Waals surface area contributed by atoms with Crippen LogP contribution in [-0.4, -0.2) is 35.7 Å². The summed E-state index contributed by atoms with van der Waals surface area (Å²) in [5.74, 6) is -0.0261. The van der Waals surface area contributed by atoms with E-state index in [-0.39, 0.29) is 5.91 Å². The van der Waals surface area contributed by atoms with E-state index in [1.54, 1.807) is 24.3 Å². The number of amides is 1. The lowest BCUT2D eigenvalue weighted by Crippen LogP contribution is -2.24. The van der Waals surface area contributed by atoms with Crippen molar-refractivity contribution in [3.8, 4) is 0 Å². The average molecular weight is 528 g/mol. The van der Waals surface area contributed by atoms with Crippen LogP contribution >= 0.6 is 0 Å². The van der Waals surface area contributed by atoms with Gasteiger partial charge in [-0.1, -0.05) is 35.9 Å². The van der Waals surface area contributed by atoms with Gasteiger partial charge in [0.05, 0.1) is 5.69 Å². The largest absolute Gasteiger partial charge is 0.399 e. The van der Waals surface area contributed by atoms with Crippen molar-refractivity contribution in [2.45, 2.75) is 46.0 Å². The number of nitrogens with two attached hydrogens (primary N) is 1. The Kier molecular flexibility index (Phi) is 13.6. The summed E-state index contributed by atoms with van der Waals surface area (Å²) >= 11 is 0. The summed E-state index contributed by atoms with van der Waals surface area (Å²) in [6, 6.07) is 11.2. The third-order valence-electron chi connectivity index (χ3n) is 6.20. The molecule has 0 saturated carbocycles. The molecule has 4 N–H and O–H groups in total. The molecule has 0 aliphatic heterocycles. The van der Waals surface area contributed by atoms with Gasteiger partial charge >= 0.3 is 0 Å². The summed E-state index contributed by atoms with van der Waals surface area (Å²) in [4.78, 5) is 24.2. The highest BCUT2D eigenvalue weighted by Crippen LogP contribution is 2.19. The number of rotatable bonds is 9. The standard InChI is InChI=1S/C17H22N2O.C14H17N3.CH2O/c18-16-11-9-15(10-12-16)17(20)19-13-5-4-8-14-6-2-1-3-7-14;1-4-12(7-8-15-3)13-6-5-11(2)14-16-9-10-17(13)14;1-2/h2,6-7,9-12H,1,3-5,8,13,18H2,(H,19,20);4-10,15H,1-3H3;1H2/b;8-7-,12-4+;. The number of hydrogen-bond donors (Lipinski definition) is 3. The number of unbranched alkanes of at least 4 members (excludes halogenated alkanes) is 1. The number of benzene rings is 1. The average Bonchev–Trinajstić information content (AvgIpc) is 3.48. The lowest BCUT2D eigenvalue weighted by molar-refractivity contribution is -0.0980. The molecular formula is C32H41N5O2. The smallest absolute Gasteiger partial charge is 0.251 e. The van der Waals surface area contributed by atoms with Gasteiger partial charge in [0.2, 0.25) is 0 Å². The molecule has 0 unspecified atom stereocenters. The van der Waals surface area contributed by atoms with Crippen LogP contribution in [0.4, 0.5) is 5.69 Å². The Balaban J connectivity index is 0.000000260. The van der Waals surface area contributed by atoms with Gasteiger partial charge in [-0.15, -0.1) is 0 Å². The molecule has 2 aromatic heterocycles. The first kappa shape index (κ1) is 30.8. The maximum absolute atomic E-state index is 11.8. The quantitative estimate of drug-likeness (QED) is 0.179. The van der Waals surface area contributed by atoms with Crippen molar-refractivity contribution in [1.29, 1.82) is 0 Å². The van der Waals surface area contributed by atoms with E-state index in [1.807, 2.05) is 39.4 Å². The highest BCUT2D eigenvalue weighted by molar-refractivity contribution is 5.94. The zero-order valence-electron chi connectivity index (χ0n) is 23.3. The number of pyridine rings is 1. The van der Waals surface area contributed by atoms with Crippen molar-refractivity contribution in [3.63, 3.8) is 0 Å². The lowest BCUT2D eigenvalue weighted by Gasteiger charge is -2.08. The first-order chi connectivity index (χ1) is 19.0. The van der Waals surface area contributed by atoms with Gasteiger partial charge in [-0.25, -0.2) is 4.98 Å². The number of carbonyl (C=O) groups is 2. The molecule has 0 bridgehead atoms. The summed E-state index contributed by atoms with van der Waals surface area (Å²) in [7, 11) is 1.89. The van der Waals surface area contributed by atoms with Crippen molar-refractivity contribution in [2.75, 3.05) is 19.3 Å². The van der Waals surface area contributed by atoms with Gasteiger partial charge in [-0.05, 0) is 99.7 Å². The van der Waals surface area contributed by atoms with E-state index in [9.17, 15) is 4.79 Å². The fourth-order valence-electron chi connectivity index (χ4n) is 4.13. The van der Waals surface area contributed by atoms with E-state index in [2.05, 4.69) is 69.5 Å². The maximum Gasteiger partial charge on any atom is 0.251 e. The molecule has 7 heteroatoms. The number of nitrogen functional groups attached to an aromatic ring is 1. The molecule has 1 aliphatic rings. The number of anilines is 1. The summed E-state index contributed by atoms with van der Waals surface area (Å²) in [5, 5.41) is 5.95. The number of fused-ring (bicyclic) bond motifs is 1. The van der Waals surface area contributed by atoms with Crippen LogP contribution in [0.5, 0.6) is 0 Å². The van der Waals surface area contributed by atoms with E-state index in [0.29, 0.717) is 11.3 Å². The number of imidazole rings is 1. The van der Waals surface area contributed by atoms with Gasteiger partial charge in [0, 0.05) is 37.2 Å². The Labute approximate surface area is 232 Å². The van der Waals surface area contributed by atoms with Crippen LogP contribution in [0, 0.1) is 6.92 Å². The second-order valence-corrected chi connectivity index (χ2v) is 8.98. The SMILES string of the molecule is C/C=C(\C=C/NC)c1ccc(C)c2nccn12.C=O.Nc1ccc(C(=O)NCCCCC2=CCCC=C2)cc1. The highest BCUT2D eigenvalue weighted by Gasteiger charge is 2.06. The number of aromatic nitrogens is 2. The summed E-state index contributed by atoms with van der Waals surface area (Å²) in [6.45, 7) is 6.84. The van der Waals surface area contributed by atoms with Crippen LogP contribution in [0.15, 0.2) is 90.9 Å². The maximum atomic E-state index is 11.8. The molecule has 39 heavy (non-hydrogen) atoms. The van der Waals surface area contributed by atoms with Crippen molar-refractivity contribution in [2.24, 2.45) is 0 Å². The number of nitrogens with zero attached hydrogens (tertiary/aromatic N) is 2. The Morgan fingerprint density at radius 3 is 2.56 bits per heavy atom. The van der Waals surface area contributed by atoms with E-state index in [1.165, 1.54) is 29.6 Å². The van der Waals surface area contributed by atoms with Crippen molar-refractivity contribution < 1.29 is 9.59 Å². The lowest BCUT2D eigenvalue weighted by atomic mass is 10.0. The van der Waals surface area contributed by atoms with Crippen LogP contribution in [-0.2, 0) is 4.79 Å². The Morgan fingerprint density at radius 2 is 1.90 bits per heavy atom. The van der Waals surface area contributed by atoms with Gasteiger partial charge in [-0.3, -0.25) is 9.20 Å². The molecular weight excluding hydrogens is 486 g/mol. The minimum absolute atomic E-state index is 0.0261. The first-order valence-corrected chi connectivity index (χ1v) is 13.2. The molecule has 0 radical (unpaired) electrons. The molecule has 1 aliphatic carbocycles. The van der Waals surface area contributed by atoms with Crippen molar-refractivity contribution >= 4 is 29.6 Å². The zero-order valence-corrected chi connectivity index (χ0v) is 23.3. The molecule has 4 rings (SSSR count). The van der Waals surface area contributed by atoms with E-state index < -0.39 is 0 Å². The Bertz CT molecular complexity index is 1300. The first-order valence-electron chi connectivity index (χ1n) is 13.2.